The maximum Gasteiger partial charge on any atom is 0.274 e. The summed E-state index contributed by atoms with van der Waals surface area (Å²) in [6, 6.07) is 19.8. The summed E-state index contributed by atoms with van der Waals surface area (Å²) in [6.07, 6.45) is 0.513. The number of carbonyl (C=O) groups excluding carboxylic acids is 2. The van der Waals surface area contributed by atoms with E-state index in [-0.39, 0.29) is 37.0 Å². The Labute approximate surface area is 181 Å². The van der Waals surface area contributed by atoms with Crippen LogP contribution in [0.15, 0.2) is 72.9 Å². The highest BCUT2D eigenvalue weighted by Crippen LogP contribution is 2.18. The molecular weight excluding hydrogens is 394 g/mol. The van der Waals surface area contributed by atoms with Gasteiger partial charge in [0.15, 0.2) is 5.69 Å². The van der Waals surface area contributed by atoms with Crippen molar-refractivity contribution in [3.63, 3.8) is 0 Å². The number of aliphatic hydroxyl groups is 1. The lowest BCUT2D eigenvalue weighted by atomic mass is 10.1. The number of nitrogens with one attached hydrogen (secondary N) is 1. The molecule has 7 heteroatoms. The molecule has 0 spiro atoms. The summed E-state index contributed by atoms with van der Waals surface area (Å²) in [7, 11) is 0. The number of rotatable bonds is 8. The van der Waals surface area contributed by atoms with E-state index >= 15 is 0 Å². The molecule has 0 aliphatic rings. The lowest BCUT2D eigenvalue weighted by Crippen LogP contribution is -2.41. The number of aromatic nitrogens is 1. The summed E-state index contributed by atoms with van der Waals surface area (Å²) < 4.78 is 0. The van der Waals surface area contributed by atoms with Crippen LogP contribution in [0.25, 0.3) is 0 Å². The molecule has 0 radical (unpaired) electrons. The standard InChI is InChI=1S/C24H25N3O4/c1-17-7-5-10-19(13-17)21(29)16-27(15-18-8-3-2-4-9-18)22(30)14-26-24(31)23-20(28)11-6-12-25-23/h2-13,21,28-29H,14-16H2,1H3,(H,26,31). The molecule has 0 saturated carbocycles. The number of pyridine rings is 1. The first kappa shape index (κ1) is 22.0. The topological polar surface area (TPSA) is 103 Å². The number of hydrogen-bond acceptors (Lipinski definition) is 5. The lowest BCUT2D eigenvalue weighted by molar-refractivity contribution is -0.132. The first-order valence-electron chi connectivity index (χ1n) is 9.92. The molecule has 160 valence electrons. The van der Waals surface area contributed by atoms with Crippen molar-refractivity contribution in [2.75, 3.05) is 13.1 Å². The Balaban J connectivity index is 1.71. The van der Waals surface area contributed by atoms with E-state index in [0.29, 0.717) is 5.56 Å². The molecule has 1 aromatic heterocycles. The number of aliphatic hydroxyl groups excluding tert-OH is 1. The van der Waals surface area contributed by atoms with Crippen LogP contribution in [0.3, 0.4) is 0 Å². The molecule has 1 atom stereocenters. The van der Waals surface area contributed by atoms with E-state index in [9.17, 15) is 19.8 Å². The Hall–Kier alpha value is -3.71. The van der Waals surface area contributed by atoms with Crippen LogP contribution in [0.5, 0.6) is 5.75 Å². The zero-order valence-electron chi connectivity index (χ0n) is 17.2. The van der Waals surface area contributed by atoms with Crippen molar-refractivity contribution in [2.24, 2.45) is 0 Å². The van der Waals surface area contributed by atoms with Crippen LogP contribution < -0.4 is 5.32 Å². The maximum atomic E-state index is 12.9. The van der Waals surface area contributed by atoms with E-state index in [1.807, 2.05) is 61.5 Å². The molecule has 3 rings (SSSR count). The average molecular weight is 419 g/mol. The zero-order valence-corrected chi connectivity index (χ0v) is 17.2. The maximum absolute atomic E-state index is 12.9. The summed E-state index contributed by atoms with van der Waals surface area (Å²) in [6.45, 7) is 2.00. The van der Waals surface area contributed by atoms with Gasteiger partial charge in [0.2, 0.25) is 5.91 Å². The molecule has 0 aliphatic heterocycles. The quantitative estimate of drug-likeness (QED) is 0.521. The number of hydrogen-bond donors (Lipinski definition) is 3. The van der Waals surface area contributed by atoms with Crippen molar-refractivity contribution in [1.82, 2.24) is 15.2 Å². The predicted molar refractivity (Wildman–Crippen MR) is 116 cm³/mol. The van der Waals surface area contributed by atoms with Gasteiger partial charge in [-0.2, -0.15) is 0 Å². The molecule has 7 nitrogen and oxygen atoms in total. The number of benzene rings is 2. The second-order valence-electron chi connectivity index (χ2n) is 7.24. The molecular formula is C24H25N3O4. The molecule has 0 bridgehead atoms. The Bertz CT molecular complexity index is 1040. The van der Waals surface area contributed by atoms with Gasteiger partial charge >= 0.3 is 0 Å². The van der Waals surface area contributed by atoms with E-state index < -0.39 is 12.0 Å². The summed E-state index contributed by atoms with van der Waals surface area (Å²) in [4.78, 5) is 30.5. The monoisotopic (exact) mass is 419 g/mol. The van der Waals surface area contributed by atoms with Crippen molar-refractivity contribution >= 4 is 11.8 Å². The van der Waals surface area contributed by atoms with E-state index in [1.54, 1.807) is 0 Å². The molecule has 1 heterocycles. The summed E-state index contributed by atoms with van der Waals surface area (Å²) in [5, 5.41) is 23.0. The van der Waals surface area contributed by atoms with Gasteiger partial charge < -0.3 is 20.4 Å². The van der Waals surface area contributed by atoms with E-state index in [0.717, 1.165) is 11.1 Å². The Morgan fingerprint density at radius 1 is 1.06 bits per heavy atom. The second-order valence-corrected chi connectivity index (χ2v) is 7.24. The molecule has 0 aliphatic carbocycles. The molecule has 0 saturated heterocycles. The van der Waals surface area contributed by atoms with Gasteiger partial charge in [-0.3, -0.25) is 9.59 Å². The van der Waals surface area contributed by atoms with Gasteiger partial charge in [-0.05, 0) is 30.2 Å². The van der Waals surface area contributed by atoms with Crippen molar-refractivity contribution in [2.45, 2.75) is 19.6 Å². The third kappa shape index (κ3) is 6.13. The average Bonchev–Trinajstić information content (AvgIpc) is 2.77. The third-order valence-corrected chi connectivity index (χ3v) is 4.79. The van der Waals surface area contributed by atoms with Crippen molar-refractivity contribution < 1.29 is 19.8 Å². The second kappa shape index (κ2) is 10.4. The van der Waals surface area contributed by atoms with Crippen LogP contribution in [-0.4, -0.2) is 45.0 Å². The minimum atomic E-state index is -0.872. The Morgan fingerprint density at radius 3 is 2.55 bits per heavy atom. The zero-order chi connectivity index (χ0) is 22.2. The number of nitrogens with zero attached hydrogens (tertiary/aromatic N) is 2. The molecule has 2 amide bonds. The molecule has 3 aromatic rings. The number of aromatic hydroxyl groups is 1. The summed E-state index contributed by atoms with van der Waals surface area (Å²) in [5.74, 6) is -1.27. The van der Waals surface area contributed by atoms with Crippen LogP contribution in [0.2, 0.25) is 0 Å². The van der Waals surface area contributed by atoms with Crippen LogP contribution >= 0.6 is 0 Å². The van der Waals surface area contributed by atoms with Crippen molar-refractivity contribution in [3.8, 4) is 5.75 Å². The minimum absolute atomic E-state index is 0.0713. The molecule has 0 fully saturated rings. The number of amides is 2. The van der Waals surface area contributed by atoms with Gasteiger partial charge in [0, 0.05) is 12.7 Å². The fourth-order valence-corrected chi connectivity index (χ4v) is 3.17. The van der Waals surface area contributed by atoms with Crippen LogP contribution in [0.4, 0.5) is 0 Å². The fourth-order valence-electron chi connectivity index (χ4n) is 3.17. The van der Waals surface area contributed by atoms with Gasteiger partial charge in [-0.25, -0.2) is 4.98 Å². The van der Waals surface area contributed by atoms with E-state index in [1.165, 1.54) is 23.2 Å². The smallest absolute Gasteiger partial charge is 0.274 e. The van der Waals surface area contributed by atoms with E-state index in [4.69, 9.17) is 0 Å². The van der Waals surface area contributed by atoms with Gasteiger partial charge in [0.25, 0.3) is 5.91 Å². The normalized spacial score (nSPS) is 11.5. The molecule has 31 heavy (non-hydrogen) atoms. The fraction of sp³-hybridized carbons (Fsp3) is 0.208. The van der Waals surface area contributed by atoms with Crippen molar-refractivity contribution in [1.29, 1.82) is 0 Å². The summed E-state index contributed by atoms with van der Waals surface area (Å²) >= 11 is 0. The minimum Gasteiger partial charge on any atom is -0.505 e. The largest absolute Gasteiger partial charge is 0.505 e. The molecule has 2 aromatic carbocycles. The van der Waals surface area contributed by atoms with Crippen LogP contribution in [0.1, 0.15) is 33.3 Å². The van der Waals surface area contributed by atoms with Crippen molar-refractivity contribution in [3.05, 3.63) is 95.3 Å². The Morgan fingerprint density at radius 2 is 1.84 bits per heavy atom. The highest BCUT2D eigenvalue weighted by molar-refractivity contribution is 5.96. The lowest BCUT2D eigenvalue weighted by Gasteiger charge is -2.26. The van der Waals surface area contributed by atoms with Gasteiger partial charge in [-0.1, -0.05) is 60.2 Å². The van der Waals surface area contributed by atoms with Gasteiger partial charge in [-0.15, -0.1) is 0 Å². The highest BCUT2D eigenvalue weighted by Gasteiger charge is 2.21. The van der Waals surface area contributed by atoms with Crippen LogP contribution in [-0.2, 0) is 11.3 Å². The Kier molecular flexibility index (Phi) is 7.35. The van der Waals surface area contributed by atoms with E-state index in [2.05, 4.69) is 10.3 Å². The number of aryl methyl sites for hydroxylation is 1. The molecule has 3 N–H and O–H groups in total. The molecule has 1 unspecified atom stereocenters. The number of carbonyl (C=O) groups is 2. The van der Waals surface area contributed by atoms with Crippen LogP contribution in [0, 0.1) is 6.92 Å². The first-order chi connectivity index (χ1) is 14.9. The third-order valence-electron chi connectivity index (χ3n) is 4.79. The summed E-state index contributed by atoms with van der Waals surface area (Å²) in [5.41, 5.74) is 2.49. The predicted octanol–water partition coefficient (Wildman–Crippen LogP) is 2.59. The first-order valence-corrected chi connectivity index (χ1v) is 9.92. The van der Waals surface area contributed by atoms with Gasteiger partial charge in [0.1, 0.15) is 5.75 Å². The van der Waals surface area contributed by atoms with Gasteiger partial charge in [0.05, 0.1) is 19.2 Å². The highest BCUT2D eigenvalue weighted by atomic mass is 16.3. The SMILES string of the molecule is Cc1cccc(C(O)CN(Cc2ccccc2)C(=O)CNC(=O)c2ncccc2O)c1.